The Morgan fingerprint density at radius 3 is 2.30 bits per heavy atom. The summed E-state index contributed by atoms with van der Waals surface area (Å²) in [6.45, 7) is 0.675. The highest BCUT2D eigenvalue weighted by molar-refractivity contribution is 7.97. The summed E-state index contributed by atoms with van der Waals surface area (Å²) in [5.74, 6) is -5.06. The van der Waals surface area contributed by atoms with Gasteiger partial charge in [0.2, 0.25) is 9.84 Å². The van der Waals surface area contributed by atoms with Gasteiger partial charge in [-0.1, -0.05) is 60.1 Å². The summed E-state index contributed by atoms with van der Waals surface area (Å²) in [6, 6.07) is 17.8. The number of sulfone groups is 2. The predicted molar refractivity (Wildman–Crippen MR) is 160 cm³/mol. The molecule has 0 aliphatic carbocycles. The molecule has 3 aromatic rings. The summed E-state index contributed by atoms with van der Waals surface area (Å²) in [7, 11) is -8.82. The minimum absolute atomic E-state index is 0.0391. The van der Waals surface area contributed by atoms with Crippen molar-refractivity contribution in [1.29, 1.82) is 0 Å². The van der Waals surface area contributed by atoms with Gasteiger partial charge in [0, 0.05) is 28.1 Å². The fraction of sp³-hybridized carbons (Fsp3) is 0.161. The second-order valence-corrected chi connectivity index (χ2v) is 14.1. The average molecular weight is 658 g/mol. The molecule has 0 fully saturated rings. The number of ether oxygens (including phenoxy) is 2. The van der Waals surface area contributed by atoms with Crippen molar-refractivity contribution in [3.8, 4) is 0 Å². The Morgan fingerprint density at radius 1 is 0.932 bits per heavy atom. The number of hydrogen-bond acceptors (Lipinski definition) is 9. The molecule has 5 rings (SSSR count). The average Bonchev–Trinajstić information content (AvgIpc) is 3.04. The maximum absolute atomic E-state index is 15.5. The zero-order chi connectivity index (χ0) is 31.6. The van der Waals surface area contributed by atoms with E-state index in [2.05, 4.69) is 5.32 Å². The van der Waals surface area contributed by atoms with Gasteiger partial charge in [-0.05, 0) is 42.8 Å². The third kappa shape index (κ3) is 6.05. The lowest BCUT2D eigenvalue weighted by Crippen LogP contribution is -2.34. The fourth-order valence-electron chi connectivity index (χ4n) is 5.08. The molecule has 0 amide bonds. The number of carbonyl (C=O) groups is 2. The third-order valence-electron chi connectivity index (χ3n) is 6.97. The first-order chi connectivity index (χ1) is 20.9. The quantitative estimate of drug-likeness (QED) is 0.218. The Hall–Kier alpha value is -4.26. The Balaban J connectivity index is 1.48. The molecule has 9 nitrogen and oxygen atoms in total. The van der Waals surface area contributed by atoms with Gasteiger partial charge in [-0.2, -0.15) is 0 Å². The molecule has 1 N–H and O–H groups in total. The highest BCUT2D eigenvalue weighted by atomic mass is 35.5. The van der Waals surface area contributed by atoms with Crippen LogP contribution in [-0.2, 0) is 38.7 Å². The van der Waals surface area contributed by atoms with Crippen LogP contribution >= 0.6 is 11.6 Å². The van der Waals surface area contributed by atoms with Crippen molar-refractivity contribution in [3.05, 3.63) is 123 Å². The number of fused-ring (bicyclic) bond motifs is 1. The van der Waals surface area contributed by atoms with Crippen molar-refractivity contribution in [2.75, 3.05) is 19.0 Å². The molecule has 2 aliphatic rings. The predicted octanol–water partition coefficient (Wildman–Crippen LogP) is 4.71. The Labute approximate surface area is 258 Å². The van der Waals surface area contributed by atoms with Crippen LogP contribution in [0.5, 0.6) is 0 Å². The molecule has 228 valence electrons. The van der Waals surface area contributed by atoms with Crippen LogP contribution in [0.1, 0.15) is 24.0 Å². The number of halogens is 2. The number of dihydropyridines is 1. The first-order valence-corrected chi connectivity index (χ1v) is 16.7. The Morgan fingerprint density at radius 2 is 1.59 bits per heavy atom. The van der Waals surface area contributed by atoms with Crippen LogP contribution in [0, 0.1) is 5.82 Å². The second kappa shape index (κ2) is 12.4. The van der Waals surface area contributed by atoms with E-state index in [1.807, 2.05) is 6.07 Å². The minimum atomic E-state index is -4.64. The van der Waals surface area contributed by atoms with Gasteiger partial charge in [0.1, 0.15) is 19.0 Å². The molecule has 44 heavy (non-hydrogen) atoms. The highest BCUT2D eigenvalue weighted by Crippen LogP contribution is 2.48. The van der Waals surface area contributed by atoms with Crippen molar-refractivity contribution in [3.63, 3.8) is 0 Å². The van der Waals surface area contributed by atoms with Gasteiger partial charge in [0.15, 0.2) is 9.84 Å². The molecule has 2 aliphatic heterocycles. The summed E-state index contributed by atoms with van der Waals surface area (Å²) >= 11 is 6.40. The van der Waals surface area contributed by atoms with E-state index in [1.165, 1.54) is 43.3 Å². The normalized spacial score (nSPS) is 18.6. The zero-order valence-corrected chi connectivity index (χ0v) is 25.5. The molecule has 13 heteroatoms. The lowest BCUT2D eigenvalue weighted by atomic mass is 9.86. The van der Waals surface area contributed by atoms with Crippen LogP contribution in [0.25, 0.3) is 6.08 Å². The molecule has 0 aromatic heterocycles. The van der Waals surface area contributed by atoms with Crippen LogP contribution in [-0.4, -0.2) is 47.7 Å². The van der Waals surface area contributed by atoms with Crippen molar-refractivity contribution >= 4 is 49.3 Å². The first-order valence-electron chi connectivity index (χ1n) is 13.2. The number of rotatable bonds is 7. The van der Waals surface area contributed by atoms with Gasteiger partial charge >= 0.3 is 11.9 Å². The van der Waals surface area contributed by atoms with Crippen molar-refractivity contribution in [2.24, 2.45) is 0 Å². The number of carbonyl (C=O) groups excluding carboxylic acids is 2. The lowest BCUT2D eigenvalue weighted by molar-refractivity contribution is -0.146. The maximum Gasteiger partial charge on any atom is 0.336 e. The fourth-order valence-corrected chi connectivity index (χ4v) is 9.40. The zero-order valence-electron chi connectivity index (χ0n) is 23.1. The Bertz CT molecular complexity index is 1950. The van der Waals surface area contributed by atoms with Gasteiger partial charge in [0.25, 0.3) is 0 Å². The molecule has 1 atom stereocenters. The SMILES string of the molecule is CC1=C(C(=O)OCCOC(=O)/C=C/c2ccccc2)C(c2c(F)cccc2Cl)C2=C(CS(=O)(=O)c3ccccc3S2(=O)=O)N1. The molecule has 1 unspecified atom stereocenters. The number of nitrogens with one attached hydrogen (secondary N) is 1. The largest absolute Gasteiger partial charge is 0.459 e. The van der Waals surface area contributed by atoms with Crippen molar-refractivity contribution in [1.82, 2.24) is 5.32 Å². The van der Waals surface area contributed by atoms with Crippen LogP contribution < -0.4 is 5.32 Å². The number of hydrogen-bond donors (Lipinski definition) is 1. The maximum atomic E-state index is 15.5. The standard InChI is InChI=1S/C31H25ClFNO8S2/c1-19-27(31(36)42-17-16-41-26(35)15-14-20-8-3-2-4-9-20)29(28-21(32)10-7-11-22(28)33)30-23(34-19)18-43(37,38)24-12-5-6-13-25(24)44(30,39)40/h2-15,29,34H,16-18H2,1H3/b15-14+. The van der Waals surface area contributed by atoms with Gasteiger partial charge in [-0.15, -0.1) is 0 Å². The van der Waals surface area contributed by atoms with E-state index in [0.29, 0.717) is 0 Å². The minimum Gasteiger partial charge on any atom is -0.459 e. The molecule has 2 heterocycles. The van der Waals surface area contributed by atoms with Crippen molar-refractivity contribution in [2.45, 2.75) is 22.6 Å². The van der Waals surface area contributed by atoms with E-state index in [0.717, 1.165) is 17.7 Å². The molecular formula is C31H25ClFNO8S2. The summed E-state index contributed by atoms with van der Waals surface area (Å²) < 4.78 is 80.8. The van der Waals surface area contributed by atoms with E-state index >= 15 is 4.39 Å². The molecule has 0 bridgehead atoms. The summed E-state index contributed by atoms with van der Waals surface area (Å²) in [5, 5.41) is 2.57. The van der Waals surface area contributed by atoms with Crippen molar-refractivity contribution < 1.29 is 40.3 Å². The smallest absolute Gasteiger partial charge is 0.336 e. The molecule has 0 saturated carbocycles. The third-order valence-corrected chi connectivity index (χ3v) is 11.1. The molecule has 0 radical (unpaired) electrons. The van der Waals surface area contributed by atoms with Gasteiger partial charge in [0.05, 0.1) is 31.9 Å². The number of esters is 2. The monoisotopic (exact) mass is 657 g/mol. The Kier molecular flexibility index (Phi) is 8.78. The van der Waals surface area contributed by atoms with Gasteiger partial charge in [-0.25, -0.2) is 30.8 Å². The summed E-state index contributed by atoms with van der Waals surface area (Å²) in [6.07, 6.45) is 2.76. The van der Waals surface area contributed by atoms with Gasteiger partial charge < -0.3 is 14.8 Å². The van der Waals surface area contributed by atoms with Crippen LogP contribution in [0.3, 0.4) is 0 Å². The van der Waals surface area contributed by atoms with E-state index < -0.39 is 70.4 Å². The van der Waals surface area contributed by atoms with E-state index in [4.69, 9.17) is 21.1 Å². The lowest BCUT2D eigenvalue weighted by Gasteiger charge is -2.31. The van der Waals surface area contributed by atoms with E-state index in [9.17, 15) is 26.4 Å². The summed E-state index contributed by atoms with van der Waals surface area (Å²) in [4.78, 5) is 24.2. The van der Waals surface area contributed by atoms with Gasteiger partial charge in [-0.3, -0.25) is 0 Å². The van der Waals surface area contributed by atoms with E-state index in [1.54, 1.807) is 30.3 Å². The van der Waals surface area contributed by atoms with Crippen LogP contribution in [0.15, 0.2) is 111 Å². The molecular weight excluding hydrogens is 633 g/mol. The topological polar surface area (TPSA) is 133 Å². The number of benzene rings is 3. The van der Waals surface area contributed by atoms with Crippen LogP contribution in [0.4, 0.5) is 4.39 Å². The molecule has 0 spiro atoms. The summed E-state index contributed by atoms with van der Waals surface area (Å²) in [5.41, 5.74) is -0.0619. The highest BCUT2D eigenvalue weighted by Gasteiger charge is 2.47. The number of allylic oxidation sites excluding steroid dienone is 2. The van der Waals surface area contributed by atoms with Crippen LogP contribution in [0.2, 0.25) is 5.02 Å². The second-order valence-electron chi connectivity index (χ2n) is 9.83. The van der Waals surface area contributed by atoms with E-state index in [-0.39, 0.29) is 34.2 Å². The first kappa shape index (κ1) is 31.2. The molecule has 3 aromatic carbocycles. The molecule has 0 saturated heterocycles.